The number of aromatic nitrogens is 4. The zero-order valence-electron chi connectivity index (χ0n) is 24.4. The smallest absolute Gasteiger partial charge is 0.292 e. The third-order valence-corrected chi connectivity index (χ3v) is 8.24. The lowest BCUT2D eigenvalue weighted by molar-refractivity contribution is -0.122. The van der Waals surface area contributed by atoms with Gasteiger partial charge in [-0.25, -0.2) is 27.5 Å². The van der Waals surface area contributed by atoms with Crippen LogP contribution in [-0.2, 0) is 30.2 Å². The number of nitrogens with zero attached hydrogens (tertiary/aromatic N) is 4. The van der Waals surface area contributed by atoms with Crippen LogP contribution in [0.2, 0.25) is 0 Å². The molecule has 4 N–H and O–H groups in total. The Balaban J connectivity index is 0.000000400. The fraction of sp³-hybridized carbons (Fsp3) is 0.258. The van der Waals surface area contributed by atoms with Crippen molar-refractivity contribution in [3.8, 4) is 11.1 Å². The fourth-order valence-electron chi connectivity index (χ4n) is 5.22. The number of pyridine rings is 1. The normalized spacial score (nSPS) is 15.0. The Morgan fingerprint density at radius 3 is 2.57 bits per heavy atom. The minimum atomic E-state index is -3.38. The molecule has 6 rings (SSSR count). The molecule has 240 valence electrons. The number of amides is 1. The number of nitrogens with two attached hydrogens (primary N) is 1. The Bertz CT molecular complexity index is 1890. The summed E-state index contributed by atoms with van der Waals surface area (Å²) >= 11 is 1.48. The second kappa shape index (κ2) is 12.9. The number of nitrogens with one attached hydrogen (secondary N) is 2. The maximum absolute atomic E-state index is 14.7. The molecule has 1 atom stereocenters. The van der Waals surface area contributed by atoms with E-state index in [4.69, 9.17) is 11.1 Å². The highest BCUT2D eigenvalue weighted by molar-refractivity contribution is 7.16. The molecule has 0 bridgehead atoms. The Kier molecular flexibility index (Phi) is 9.15. The van der Waals surface area contributed by atoms with Crippen molar-refractivity contribution in [2.75, 3.05) is 5.73 Å². The summed E-state index contributed by atoms with van der Waals surface area (Å²) in [7, 11) is 0. The Hall–Kier alpha value is -4.79. The summed E-state index contributed by atoms with van der Waals surface area (Å²) in [6, 6.07) is 10.7. The molecule has 15 heteroatoms. The molecule has 0 saturated heterocycles. The summed E-state index contributed by atoms with van der Waals surface area (Å²) in [4.78, 5) is 21.5. The van der Waals surface area contributed by atoms with Gasteiger partial charge in [0.15, 0.2) is 0 Å². The number of fused-ring (bicyclic) bond motifs is 2. The highest BCUT2D eigenvalue weighted by Crippen LogP contribution is 2.48. The summed E-state index contributed by atoms with van der Waals surface area (Å²) in [5.41, 5.74) is 9.75. The number of anilines is 1. The summed E-state index contributed by atoms with van der Waals surface area (Å²) < 4.78 is 82.4. The number of aryl methyl sites for hydroxylation is 1. The summed E-state index contributed by atoms with van der Waals surface area (Å²) in [5.74, 6) is -6.31. The van der Waals surface area contributed by atoms with Crippen molar-refractivity contribution >= 4 is 39.4 Å². The number of alkyl halides is 4. The summed E-state index contributed by atoms with van der Waals surface area (Å²) in [6.07, 6.45) is -2.29. The fourth-order valence-corrected chi connectivity index (χ4v) is 5.88. The molecular weight excluding hydrogens is 632 g/mol. The van der Waals surface area contributed by atoms with Gasteiger partial charge in [0, 0.05) is 29.3 Å². The van der Waals surface area contributed by atoms with E-state index in [0.29, 0.717) is 21.5 Å². The standard InChI is InChI=1S/C24H21F4N7OS.C7H6F2/c1-11-4-14-21(23(25)26)34-35(22(14)24(11,27)28)9-20(36)31-8-18-13(6-15(30)17(7-29)33-18)12-2-3-19-16(5-12)32-10-37-19;1-5-2-6(8)4-7(9)3-5/h2-3,5-7,10-11,23,29H,4,8-9,30H2,1H3,(H,31,36);2-4H,1H3. The lowest BCUT2D eigenvalue weighted by atomic mass is 10.0. The van der Waals surface area contributed by atoms with E-state index >= 15 is 0 Å². The van der Waals surface area contributed by atoms with Crippen molar-refractivity contribution in [1.29, 1.82) is 5.41 Å². The number of hydrogen-bond acceptors (Lipinski definition) is 7. The average Bonchev–Trinajstić information content (AvgIpc) is 3.66. The van der Waals surface area contributed by atoms with E-state index in [1.165, 1.54) is 30.4 Å². The van der Waals surface area contributed by atoms with E-state index in [2.05, 4.69) is 20.4 Å². The highest BCUT2D eigenvalue weighted by atomic mass is 32.1. The number of benzene rings is 2. The molecule has 0 aliphatic heterocycles. The molecule has 1 unspecified atom stereocenters. The average molecular weight is 660 g/mol. The van der Waals surface area contributed by atoms with Gasteiger partial charge in [-0.05, 0) is 54.8 Å². The van der Waals surface area contributed by atoms with E-state index in [1.807, 2.05) is 18.2 Å². The second-order valence-corrected chi connectivity index (χ2v) is 11.6. The first kappa shape index (κ1) is 32.6. The Morgan fingerprint density at radius 1 is 1.20 bits per heavy atom. The van der Waals surface area contributed by atoms with Gasteiger partial charge in [-0.1, -0.05) is 13.0 Å². The zero-order chi connectivity index (χ0) is 33.3. The highest BCUT2D eigenvalue weighted by Gasteiger charge is 2.51. The molecule has 0 fully saturated rings. The Morgan fingerprint density at radius 2 is 1.91 bits per heavy atom. The van der Waals surface area contributed by atoms with Crippen LogP contribution >= 0.6 is 11.3 Å². The molecule has 0 radical (unpaired) electrons. The van der Waals surface area contributed by atoms with Crippen LogP contribution in [0.4, 0.5) is 32.0 Å². The van der Waals surface area contributed by atoms with Gasteiger partial charge in [-0.15, -0.1) is 11.3 Å². The van der Waals surface area contributed by atoms with Crippen LogP contribution in [0.3, 0.4) is 0 Å². The van der Waals surface area contributed by atoms with Gasteiger partial charge in [0.1, 0.15) is 35.3 Å². The topological polar surface area (TPSA) is 123 Å². The lowest BCUT2D eigenvalue weighted by Gasteiger charge is -2.18. The van der Waals surface area contributed by atoms with Gasteiger partial charge in [-0.2, -0.15) is 13.9 Å². The number of rotatable bonds is 7. The van der Waals surface area contributed by atoms with E-state index < -0.39 is 53.7 Å². The number of thiazole rings is 1. The maximum atomic E-state index is 14.7. The molecule has 0 spiro atoms. The molecule has 2 aromatic carbocycles. The number of carbonyl (C=O) groups is 1. The quantitative estimate of drug-likeness (QED) is 0.129. The van der Waals surface area contributed by atoms with Crippen LogP contribution < -0.4 is 11.1 Å². The van der Waals surface area contributed by atoms with Crippen LogP contribution in [0.15, 0.2) is 48.0 Å². The molecule has 3 heterocycles. The molecule has 5 aromatic rings. The van der Waals surface area contributed by atoms with Crippen molar-refractivity contribution in [1.82, 2.24) is 25.1 Å². The first-order valence-electron chi connectivity index (χ1n) is 13.9. The van der Waals surface area contributed by atoms with Gasteiger partial charge in [-0.3, -0.25) is 9.48 Å². The van der Waals surface area contributed by atoms with E-state index in [9.17, 15) is 31.1 Å². The van der Waals surface area contributed by atoms with E-state index in [1.54, 1.807) is 18.5 Å². The molecule has 1 amide bonds. The molecule has 8 nitrogen and oxygen atoms in total. The summed E-state index contributed by atoms with van der Waals surface area (Å²) in [6.45, 7) is 2.14. The monoisotopic (exact) mass is 659 g/mol. The van der Waals surface area contributed by atoms with Crippen molar-refractivity contribution < 1.29 is 31.1 Å². The van der Waals surface area contributed by atoms with Crippen LogP contribution in [0, 0.1) is 29.9 Å². The van der Waals surface area contributed by atoms with Crippen molar-refractivity contribution in [2.24, 2.45) is 5.92 Å². The number of hydrogen-bond donors (Lipinski definition) is 3. The molecule has 0 saturated carbocycles. The van der Waals surface area contributed by atoms with Crippen LogP contribution in [0.1, 0.15) is 47.3 Å². The molecule has 3 aromatic heterocycles. The molecule has 1 aliphatic carbocycles. The van der Waals surface area contributed by atoms with Gasteiger partial charge < -0.3 is 16.5 Å². The predicted molar refractivity (Wildman–Crippen MR) is 162 cm³/mol. The van der Waals surface area contributed by atoms with Crippen LogP contribution in [0.25, 0.3) is 21.3 Å². The zero-order valence-corrected chi connectivity index (χ0v) is 25.2. The Labute approximate surface area is 262 Å². The number of carbonyl (C=O) groups excluding carboxylic acids is 1. The third kappa shape index (κ3) is 6.59. The van der Waals surface area contributed by atoms with Gasteiger partial charge in [0.05, 0.1) is 33.7 Å². The maximum Gasteiger partial charge on any atom is 0.292 e. The molecule has 1 aliphatic rings. The SMILES string of the molecule is CC1Cc2c(C(F)F)nn(CC(=O)NCc3nc(C=N)c(N)cc3-c3ccc4scnc4c3)c2C1(F)F.Cc1cc(F)cc(F)c1. The van der Waals surface area contributed by atoms with Crippen molar-refractivity contribution in [3.63, 3.8) is 0 Å². The molecule has 46 heavy (non-hydrogen) atoms. The first-order valence-corrected chi connectivity index (χ1v) is 14.7. The van der Waals surface area contributed by atoms with Crippen LogP contribution in [0.5, 0.6) is 0 Å². The second-order valence-electron chi connectivity index (χ2n) is 10.8. The number of halogens is 6. The number of nitrogen functional groups attached to an aromatic ring is 1. The largest absolute Gasteiger partial charge is 0.397 e. The molecular formula is C31H27F6N7OS. The first-order chi connectivity index (χ1) is 21.8. The lowest BCUT2D eigenvalue weighted by Crippen LogP contribution is -2.31. The minimum Gasteiger partial charge on any atom is -0.397 e. The van der Waals surface area contributed by atoms with Crippen molar-refractivity contribution in [3.05, 3.63) is 93.5 Å². The third-order valence-electron chi connectivity index (χ3n) is 7.43. The van der Waals surface area contributed by atoms with Crippen LogP contribution in [-0.4, -0.2) is 31.9 Å². The van der Waals surface area contributed by atoms with Gasteiger partial charge >= 0.3 is 0 Å². The summed E-state index contributed by atoms with van der Waals surface area (Å²) in [5, 5.41) is 13.8. The van der Waals surface area contributed by atoms with Crippen molar-refractivity contribution in [2.45, 2.75) is 45.7 Å². The predicted octanol–water partition coefficient (Wildman–Crippen LogP) is 6.95. The van der Waals surface area contributed by atoms with E-state index in [0.717, 1.165) is 28.1 Å². The van der Waals surface area contributed by atoms with Gasteiger partial charge in [0.25, 0.3) is 12.3 Å². The minimum absolute atomic E-state index is 0.123. The van der Waals surface area contributed by atoms with Gasteiger partial charge in [0.2, 0.25) is 5.91 Å². The van der Waals surface area contributed by atoms with E-state index in [-0.39, 0.29) is 29.9 Å².